The summed E-state index contributed by atoms with van der Waals surface area (Å²) < 4.78 is -1.42. The maximum absolute atomic E-state index is 14.8. The number of aromatic amines is 1. The molecule has 3 aromatic carbocycles. The highest BCUT2D eigenvalue weighted by Crippen LogP contribution is 2.39. The Morgan fingerprint density at radius 2 is 1.38 bits per heavy atom. The highest BCUT2D eigenvalue weighted by atomic mass is 33.1. The summed E-state index contributed by atoms with van der Waals surface area (Å²) in [5.74, 6) is -7.70. The van der Waals surface area contributed by atoms with Crippen molar-refractivity contribution in [2.45, 2.75) is 125 Å². The summed E-state index contributed by atoms with van der Waals surface area (Å²) in [5.41, 5.74) is 20.3. The van der Waals surface area contributed by atoms with E-state index >= 15 is 0 Å². The largest absolute Gasteiger partial charge is 0.508 e. The number of phenols is 1. The number of aliphatic hydroxyl groups excluding tert-OH is 2. The monoisotopic (exact) mass is 1060 g/mol. The summed E-state index contributed by atoms with van der Waals surface area (Å²) in [6, 6.07) is 10.1. The lowest BCUT2D eigenvalue weighted by molar-refractivity contribution is -0.137. The fraction of sp³-hybridized carbons (Fsp3) is 0.440. The van der Waals surface area contributed by atoms with Crippen LogP contribution in [-0.2, 0) is 57.6 Å². The van der Waals surface area contributed by atoms with Crippen LogP contribution in [0, 0.1) is 0 Å². The van der Waals surface area contributed by atoms with Crippen LogP contribution in [0.4, 0.5) is 0 Å². The number of aromatic nitrogens is 1. The summed E-state index contributed by atoms with van der Waals surface area (Å²) in [7, 11) is 1.94. The van der Waals surface area contributed by atoms with Crippen LogP contribution in [0.25, 0.3) is 10.9 Å². The predicted octanol–water partition coefficient (Wildman–Crippen LogP) is -1.22. The van der Waals surface area contributed by atoms with Gasteiger partial charge in [0.05, 0.1) is 18.2 Å². The zero-order valence-corrected chi connectivity index (χ0v) is 43.1. The summed E-state index contributed by atoms with van der Waals surface area (Å²) in [5, 5.41) is 50.5. The van der Waals surface area contributed by atoms with Gasteiger partial charge >= 0.3 is 0 Å². The van der Waals surface area contributed by atoms with Gasteiger partial charge in [0.15, 0.2) is 0 Å². The van der Waals surface area contributed by atoms with Crippen LogP contribution < -0.4 is 54.4 Å². The molecule has 17 N–H and O–H groups in total. The minimum Gasteiger partial charge on any atom is -0.508 e. The topological polar surface area (TPSA) is 375 Å². The van der Waals surface area contributed by atoms with Crippen molar-refractivity contribution in [1.82, 2.24) is 42.2 Å². The Hall–Kier alpha value is -6.70. The van der Waals surface area contributed by atoms with Crippen LogP contribution in [-0.4, -0.2) is 145 Å². The van der Waals surface area contributed by atoms with Crippen LogP contribution in [0.5, 0.6) is 5.75 Å². The third kappa shape index (κ3) is 16.4. The number of nitrogens with one attached hydrogen (secondary N) is 8. The molecule has 24 heteroatoms. The SMILES string of the molecule is CC(O)[C@@H]1NC(=O)[C@H](CCCN)NC(=O)[C@@H](Cc2c[nH]c3ccccc23)NC(=O)[C@H](Cc2ccc(O)cc2)NC(=O)[C@@H](NC(=O)[C@H](N)Cc2ccccc2)CSSC(C)(C)C(C(=O)N[C@H](C(N)=O)[C@@H](C)O)NC1=O. The fourth-order valence-electron chi connectivity index (χ4n) is 8.05. The van der Waals surface area contributed by atoms with Gasteiger partial charge in [0, 0.05) is 40.4 Å². The van der Waals surface area contributed by atoms with E-state index in [1.54, 1.807) is 42.6 Å². The maximum Gasteiger partial charge on any atom is 0.245 e. The predicted molar refractivity (Wildman–Crippen MR) is 280 cm³/mol. The minimum absolute atomic E-state index is 0.0658. The Morgan fingerprint density at radius 3 is 2.01 bits per heavy atom. The molecule has 74 heavy (non-hydrogen) atoms. The van der Waals surface area contributed by atoms with Gasteiger partial charge < -0.3 is 74.7 Å². The number of aliphatic hydroxyl groups is 2. The molecule has 22 nitrogen and oxygen atoms in total. The van der Waals surface area contributed by atoms with Gasteiger partial charge in [-0.1, -0.05) is 82.3 Å². The van der Waals surface area contributed by atoms with E-state index in [0.717, 1.165) is 38.1 Å². The van der Waals surface area contributed by atoms with E-state index in [1.165, 1.54) is 52.0 Å². The maximum atomic E-state index is 14.8. The summed E-state index contributed by atoms with van der Waals surface area (Å²) >= 11 is 0. The lowest BCUT2D eigenvalue weighted by Gasteiger charge is -2.36. The summed E-state index contributed by atoms with van der Waals surface area (Å²) in [6.07, 6.45) is -1.53. The highest BCUT2D eigenvalue weighted by molar-refractivity contribution is 8.77. The van der Waals surface area contributed by atoms with Gasteiger partial charge in [0.2, 0.25) is 47.3 Å². The Labute approximate surface area is 436 Å². The normalized spacial score (nSPS) is 23.1. The van der Waals surface area contributed by atoms with Crippen molar-refractivity contribution in [3.63, 3.8) is 0 Å². The molecule has 1 aliphatic rings. The van der Waals surface area contributed by atoms with Gasteiger partial charge in [-0.05, 0) is 88.4 Å². The third-order valence-electron chi connectivity index (χ3n) is 12.2. The molecule has 2 unspecified atom stereocenters. The van der Waals surface area contributed by atoms with Crippen molar-refractivity contribution in [3.05, 3.63) is 102 Å². The Kier molecular flexibility index (Phi) is 21.2. The average Bonchev–Trinajstić information content (AvgIpc) is 3.76. The molecule has 0 bridgehead atoms. The molecule has 2 heterocycles. The molecule has 1 aromatic heterocycles. The number of phenolic OH excluding ortho intramolecular Hbond substituents is 1. The van der Waals surface area contributed by atoms with E-state index in [4.69, 9.17) is 17.2 Å². The molecule has 1 aliphatic heterocycles. The number of nitrogens with two attached hydrogens (primary N) is 3. The van der Waals surface area contributed by atoms with E-state index in [2.05, 4.69) is 42.2 Å². The number of carbonyl (C=O) groups excluding carboxylic acids is 8. The van der Waals surface area contributed by atoms with E-state index < -0.39 is 113 Å². The van der Waals surface area contributed by atoms with Gasteiger partial charge in [0.1, 0.15) is 48.0 Å². The zero-order chi connectivity index (χ0) is 54.3. The van der Waals surface area contributed by atoms with Crippen molar-refractivity contribution in [3.8, 4) is 5.75 Å². The second-order valence-corrected chi connectivity index (χ2v) is 21.7. The van der Waals surface area contributed by atoms with Gasteiger partial charge in [-0.25, -0.2) is 0 Å². The molecule has 10 atom stereocenters. The Bertz CT molecular complexity index is 2600. The average molecular weight is 1060 g/mol. The van der Waals surface area contributed by atoms with Crippen LogP contribution in [0.2, 0.25) is 0 Å². The molecule has 5 rings (SSSR count). The number of benzene rings is 3. The number of primary amides is 1. The number of amides is 8. The second-order valence-electron chi connectivity index (χ2n) is 18.7. The van der Waals surface area contributed by atoms with Crippen molar-refractivity contribution >= 4 is 79.7 Å². The number of fused-ring (bicyclic) bond motifs is 1. The smallest absolute Gasteiger partial charge is 0.245 e. The second kappa shape index (κ2) is 27.0. The minimum atomic E-state index is -1.76. The molecule has 0 spiro atoms. The van der Waals surface area contributed by atoms with Gasteiger partial charge in [-0.2, -0.15) is 0 Å². The zero-order valence-electron chi connectivity index (χ0n) is 41.5. The molecule has 0 aliphatic carbocycles. The molecular weight excluding hydrogens is 995 g/mol. The van der Waals surface area contributed by atoms with Crippen molar-refractivity contribution in [2.24, 2.45) is 17.2 Å². The number of para-hydroxylation sites is 1. The first-order valence-corrected chi connectivity index (χ1v) is 26.3. The Balaban J connectivity index is 1.62. The first-order valence-electron chi connectivity index (χ1n) is 24.0. The number of hydrogen-bond acceptors (Lipinski definition) is 15. The van der Waals surface area contributed by atoms with Crippen molar-refractivity contribution in [1.29, 1.82) is 0 Å². The van der Waals surface area contributed by atoms with Crippen LogP contribution in [0.1, 0.15) is 57.2 Å². The van der Waals surface area contributed by atoms with Crippen LogP contribution >= 0.6 is 21.6 Å². The molecular formula is C50H67N11O11S2. The van der Waals surface area contributed by atoms with E-state index in [-0.39, 0.29) is 50.2 Å². The van der Waals surface area contributed by atoms with Crippen LogP contribution in [0.3, 0.4) is 0 Å². The van der Waals surface area contributed by atoms with Gasteiger partial charge in [-0.15, -0.1) is 0 Å². The standard InChI is InChI=1S/C50H67N11O11S2/c1-26(62)39(42(53)65)59-49(72)41-50(3,4)74-73-25-38(58-43(66)33(52)21-28-11-6-5-7-12-28)47(70)56-36(22-29-16-18-31(64)19-17-29)45(68)57-37(23-30-24-54-34-14-9-8-13-32(30)34)46(69)55-35(15-10-20-51)44(67)60-40(27(2)63)48(71)61-41/h5-9,11-14,16-19,24,26-27,33,35-41,54,62-64H,10,15,20-23,25,51-52H2,1-4H3,(H2,53,65)(H,55,69)(H,56,70)(H,57,68)(H,58,66)(H,59,72)(H,60,67)(H,61,71)/t26-,27?,33-,35+,36+,37-,38+,39+,40+,41?/m1/s1. The number of rotatable bonds is 16. The van der Waals surface area contributed by atoms with Crippen molar-refractivity contribution in [2.75, 3.05) is 12.3 Å². The third-order valence-corrected chi connectivity index (χ3v) is 15.5. The fourth-order valence-corrected chi connectivity index (χ4v) is 10.9. The Morgan fingerprint density at radius 1 is 0.770 bits per heavy atom. The lowest BCUT2D eigenvalue weighted by Crippen LogP contribution is -2.65. The molecule has 400 valence electrons. The molecule has 0 saturated carbocycles. The molecule has 0 radical (unpaired) electrons. The first-order chi connectivity index (χ1) is 35.1. The molecule has 8 amide bonds. The first kappa shape index (κ1) is 58.2. The quantitative estimate of drug-likeness (QED) is 0.0585. The van der Waals surface area contributed by atoms with E-state index in [0.29, 0.717) is 11.1 Å². The lowest BCUT2D eigenvalue weighted by atomic mass is 9.99. The molecule has 4 aromatic rings. The summed E-state index contributed by atoms with van der Waals surface area (Å²) in [4.78, 5) is 116. The molecule has 1 saturated heterocycles. The van der Waals surface area contributed by atoms with Crippen molar-refractivity contribution < 1.29 is 53.7 Å². The molecule has 1 fully saturated rings. The number of H-pyrrole nitrogens is 1. The highest BCUT2D eigenvalue weighted by Gasteiger charge is 2.43. The number of aromatic hydroxyl groups is 1. The van der Waals surface area contributed by atoms with Gasteiger partial charge in [0.25, 0.3) is 0 Å². The number of hydrogen-bond donors (Lipinski definition) is 14. The number of carbonyl (C=O) groups is 8. The van der Waals surface area contributed by atoms with E-state index in [1.807, 2.05) is 18.2 Å². The van der Waals surface area contributed by atoms with Crippen LogP contribution in [0.15, 0.2) is 85.1 Å². The van der Waals surface area contributed by atoms with Gasteiger partial charge in [-0.3, -0.25) is 38.4 Å². The summed E-state index contributed by atoms with van der Waals surface area (Å²) in [6.45, 7) is 5.57. The van der Waals surface area contributed by atoms with E-state index in [9.17, 15) is 53.7 Å².